The molecule has 1 aromatic carbocycles. The van der Waals surface area contributed by atoms with Gasteiger partial charge in [-0.25, -0.2) is 4.79 Å². The average molecular weight is 354 g/mol. The minimum absolute atomic E-state index is 0.0464. The molecule has 2 aromatic heterocycles. The van der Waals surface area contributed by atoms with Crippen molar-refractivity contribution in [3.05, 3.63) is 59.2 Å². The molecule has 3 aromatic rings. The maximum Gasteiger partial charge on any atom is 0.339 e. The highest BCUT2D eigenvalue weighted by Crippen LogP contribution is 2.23. The fourth-order valence-electron chi connectivity index (χ4n) is 3.18. The van der Waals surface area contributed by atoms with Gasteiger partial charge in [-0.05, 0) is 31.5 Å². The SMILES string of the molecule is CCn1cc(CC(=O)N(C)Cc2cc(C(=O)O)c(C)o2)c2ccccc21. The standard InChI is InChI=1S/C20H22N2O4/c1-4-22-11-14(16-7-5-6-8-18(16)22)9-19(23)21(3)12-15-10-17(20(24)25)13(2)26-15/h5-8,10-11H,4,9,12H2,1-3H3,(H,24,25). The van der Waals surface area contributed by atoms with Gasteiger partial charge in [-0.2, -0.15) is 0 Å². The van der Waals surface area contributed by atoms with Crippen molar-refractivity contribution in [3.63, 3.8) is 0 Å². The summed E-state index contributed by atoms with van der Waals surface area (Å²) >= 11 is 0. The summed E-state index contributed by atoms with van der Waals surface area (Å²) in [6, 6.07) is 9.52. The first-order valence-corrected chi connectivity index (χ1v) is 8.54. The molecule has 0 saturated carbocycles. The number of hydrogen-bond acceptors (Lipinski definition) is 3. The highest BCUT2D eigenvalue weighted by atomic mass is 16.4. The number of likely N-dealkylation sites (N-methyl/N-ethyl adjacent to an activating group) is 1. The van der Waals surface area contributed by atoms with E-state index in [0.717, 1.165) is 23.0 Å². The van der Waals surface area contributed by atoms with Crippen molar-refractivity contribution >= 4 is 22.8 Å². The van der Waals surface area contributed by atoms with Gasteiger partial charge in [-0.1, -0.05) is 18.2 Å². The van der Waals surface area contributed by atoms with Crippen LogP contribution in [0.3, 0.4) is 0 Å². The van der Waals surface area contributed by atoms with E-state index in [0.29, 0.717) is 11.5 Å². The van der Waals surface area contributed by atoms with Gasteiger partial charge in [0.05, 0.1) is 13.0 Å². The second-order valence-corrected chi connectivity index (χ2v) is 6.37. The second kappa shape index (κ2) is 7.07. The van der Waals surface area contributed by atoms with E-state index < -0.39 is 5.97 Å². The zero-order chi connectivity index (χ0) is 18.8. The number of aryl methyl sites for hydroxylation is 2. The third-order valence-corrected chi connectivity index (χ3v) is 4.57. The summed E-state index contributed by atoms with van der Waals surface area (Å²) in [5, 5.41) is 10.2. The van der Waals surface area contributed by atoms with Gasteiger partial charge >= 0.3 is 5.97 Å². The summed E-state index contributed by atoms with van der Waals surface area (Å²) in [5.74, 6) is -0.264. The third-order valence-electron chi connectivity index (χ3n) is 4.57. The molecular formula is C20H22N2O4. The van der Waals surface area contributed by atoms with Crippen molar-refractivity contribution in [1.29, 1.82) is 0 Å². The van der Waals surface area contributed by atoms with Crippen molar-refractivity contribution in [1.82, 2.24) is 9.47 Å². The lowest BCUT2D eigenvalue weighted by Gasteiger charge is -2.15. The predicted molar refractivity (Wildman–Crippen MR) is 98.2 cm³/mol. The number of carbonyl (C=O) groups excluding carboxylic acids is 1. The Morgan fingerprint density at radius 3 is 2.65 bits per heavy atom. The number of para-hydroxylation sites is 1. The topological polar surface area (TPSA) is 75.7 Å². The molecule has 1 amide bonds. The second-order valence-electron chi connectivity index (χ2n) is 6.37. The molecule has 0 aliphatic rings. The molecule has 26 heavy (non-hydrogen) atoms. The summed E-state index contributed by atoms with van der Waals surface area (Å²) in [5.41, 5.74) is 2.24. The molecule has 136 valence electrons. The molecule has 0 spiro atoms. The van der Waals surface area contributed by atoms with Crippen LogP contribution in [0, 0.1) is 6.92 Å². The van der Waals surface area contributed by atoms with Crippen molar-refractivity contribution in [2.45, 2.75) is 33.4 Å². The van der Waals surface area contributed by atoms with E-state index in [1.165, 1.54) is 6.07 Å². The van der Waals surface area contributed by atoms with Crippen LogP contribution in [0.5, 0.6) is 0 Å². The van der Waals surface area contributed by atoms with Gasteiger partial charge in [-0.15, -0.1) is 0 Å². The Bertz CT molecular complexity index is 968. The maximum atomic E-state index is 12.6. The Kier molecular flexibility index (Phi) is 4.84. The van der Waals surface area contributed by atoms with Crippen LogP contribution in [0.4, 0.5) is 0 Å². The minimum Gasteiger partial charge on any atom is -0.478 e. The van der Waals surface area contributed by atoms with Crippen LogP contribution in [0.2, 0.25) is 0 Å². The van der Waals surface area contributed by atoms with Crippen molar-refractivity contribution in [2.24, 2.45) is 0 Å². The van der Waals surface area contributed by atoms with Crippen LogP contribution < -0.4 is 0 Å². The number of carboxylic acids is 1. The van der Waals surface area contributed by atoms with E-state index in [9.17, 15) is 9.59 Å². The Hall–Kier alpha value is -3.02. The number of nitrogens with zero attached hydrogens (tertiary/aromatic N) is 2. The van der Waals surface area contributed by atoms with E-state index in [4.69, 9.17) is 9.52 Å². The molecule has 6 heteroatoms. The molecule has 0 atom stereocenters. The number of carbonyl (C=O) groups is 2. The van der Waals surface area contributed by atoms with E-state index in [1.54, 1.807) is 18.9 Å². The van der Waals surface area contributed by atoms with Gasteiger partial charge in [-0.3, -0.25) is 4.79 Å². The number of aromatic nitrogens is 1. The molecule has 1 N–H and O–H groups in total. The van der Waals surface area contributed by atoms with Gasteiger partial charge in [0.1, 0.15) is 17.1 Å². The van der Waals surface area contributed by atoms with Crippen LogP contribution in [0.1, 0.15) is 34.4 Å². The summed E-state index contributed by atoms with van der Waals surface area (Å²) in [6.45, 7) is 4.76. The van der Waals surface area contributed by atoms with Gasteiger partial charge in [0.25, 0.3) is 0 Å². The number of hydrogen-bond donors (Lipinski definition) is 1. The fourth-order valence-corrected chi connectivity index (χ4v) is 3.18. The largest absolute Gasteiger partial charge is 0.478 e. The minimum atomic E-state index is -1.03. The number of furan rings is 1. The van der Waals surface area contributed by atoms with E-state index >= 15 is 0 Å². The van der Waals surface area contributed by atoms with E-state index in [1.807, 2.05) is 24.4 Å². The van der Waals surface area contributed by atoms with Crippen LogP contribution in [-0.2, 0) is 24.3 Å². The Morgan fingerprint density at radius 2 is 2.00 bits per heavy atom. The summed E-state index contributed by atoms with van der Waals surface area (Å²) in [4.78, 5) is 25.3. The van der Waals surface area contributed by atoms with E-state index in [-0.39, 0.29) is 24.4 Å². The van der Waals surface area contributed by atoms with Crippen LogP contribution in [0.25, 0.3) is 10.9 Å². The number of aromatic carboxylic acids is 1. The zero-order valence-electron chi connectivity index (χ0n) is 15.2. The molecule has 6 nitrogen and oxygen atoms in total. The van der Waals surface area contributed by atoms with Crippen LogP contribution in [0.15, 0.2) is 40.9 Å². The number of amides is 1. The smallest absolute Gasteiger partial charge is 0.339 e. The molecule has 0 saturated heterocycles. The number of carboxylic acid groups (broad SMARTS) is 1. The normalized spacial score (nSPS) is 11.0. The lowest BCUT2D eigenvalue weighted by molar-refractivity contribution is -0.129. The Balaban J connectivity index is 1.76. The number of fused-ring (bicyclic) bond motifs is 1. The number of rotatable bonds is 6. The molecule has 0 aliphatic carbocycles. The summed E-state index contributed by atoms with van der Waals surface area (Å²) < 4.78 is 7.59. The highest BCUT2D eigenvalue weighted by Gasteiger charge is 2.18. The van der Waals surface area contributed by atoms with Gasteiger partial charge in [0, 0.05) is 30.7 Å². The molecular weight excluding hydrogens is 332 g/mol. The van der Waals surface area contributed by atoms with Gasteiger partial charge < -0.3 is 19.0 Å². The molecule has 0 bridgehead atoms. The molecule has 0 unspecified atom stereocenters. The monoisotopic (exact) mass is 354 g/mol. The lowest BCUT2D eigenvalue weighted by atomic mass is 10.1. The van der Waals surface area contributed by atoms with Gasteiger partial charge in [0.2, 0.25) is 5.91 Å². The maximum absolute atomic E-state index is 12.6. The average Bonchev–Trinajstić information content (AvgIpc) is 3.15. The van der Waals surface area contributed by atoms with Gasteiger partial charge in [0.15, 0.2) is 0 Å². The third kappa shape index (κ3) is 3.35. The van der Waals surface area contributed by atoms with E-state index in [2.05, 4.69) is 17.6 Å². The molecule has 0 aliphatic heterocycles. The first-order chi connectivity index (χ1) is 12.4. The van der Waals surface area contributed by atoms with Crippen LogP contribution >= 0.6 is 0 Å². The fraction of sp³-hybridized carbons (Fsp3) is 0.300. The Morgan fingerprint density at radius 1 is 1.27 bits per heavy atom. The summed E-state index contributed by atoms with van der Waals surface area (Å²) in [6.07, 6.45) is 2.31. The first kappa shape index (κ1) is 17.8. The predicted octanol–water partition coefficient (Wildman–Crippen LogP) is 3.46. The molecule has 0 fully saturated rings. The highest BCUT2D eigenvalue weighted by molar-refractivity contribution is 5.90. The summed E-state index contributed by atoms with van der Waals surface area (Å²) in [7, 11) is 1.69. The first-order valence-electron chi connectivity index (χ1n) is 8.54. The number of benzene rings is 1. The molecule has 3 rings (SSSR count). The molecule has 0 radical (unpaired) electrons. The van der Waals surface area contributed by atoms with Crippen molar-refractivity contribution in [2.75, 3.05) is 7.05 Å². The zero-order valence-corrected chi connectivity index (χ0v) is 15.2. The Labute approximate surface area is 151 Å². The molecule has 2 heterocycles. The lowest BCUT2D eigenvalue weighted by Crippen LogP contribution is -2.27. The quantitative estimate of drug-likeness (QED) is 0.735. The van der Waals surface area contributed by atoms with Crippen molar-refractivity contribution < 1.29 is 19.1 Å². The van der Waals surface area contributed by atoms with Crippen molar-refractivity contribution in [3.8, 4) is 0 Å². The van der Waals surface area contributed by atoms with Crippen LogP contribution in [-0.4, -0.2) is 33.5 Å².